The number of benzene rings is 1. The topological polar surface area (TPSA) is 33.1 Å². The third kappa shape index (κ3) is 3.48. The first kappa shape index (κ1) is 16.1. The zero-order valence-electron chi connectivity index (χ0n) is 10.7. The molecule has 1 heterocycles. The van der Waals surface area contributed by atoms with E-state index in [4.69, 9.17) is 23.2 Å². The molecule has 2 aromatic rings. The molecule has 0 saturated heterocycles. The normalized spacial score (nSPS) is 13.3. The number of aliphatic hydroxyl groups is 1. The Labute approximate surface area is 129 Å². The third-order valence-electron chi connectivity index (χ3n) is 3.00. The Morgan fingerprint density at radius 1 is 1.10 bits per heavy atom. The van der Waals surface area contributed by atoms with Crippen molar-refractivity contribution >= 4 is 23.2 Å². The van der Waals surface area contributed by atoms with Crippen molar-refractivity contribution in [3.63, 3.8) is 0 Å². The van der Waals surface area contributed by atoms with Crippen molar-refractivity contribution in [3.8, 4) is 0 Å². The van der Waals surface area contributed by atoms with Gasteiger partial charge in [0, 0.05) is 10.6 Å². The average molecular weight is 336 g/mol. The van der Waals surface area contributed by atoms with Gasteiger partial charge in [-0.2, -0.15) is 13.2 Å². The molecule has 1 atom stereocenters. The minimum atomic E-state index is -4.58. The first-order valence-corrected chi connectivity index (χ1v) is 6.63. The highest BCUT2D eigenvalue weighted by Gasteiger charge is 2.33. The molecule has 1 aromatic heterocycles. The van der Waals surface area contributed by atoms with E-state index in [2.05, 4.69) is 4.98 Å². The molecule has 21 heavy (non-hydrogen) atoms. The maximum Gasteiger partial charge on any atom is 0.433 e. The number of hydrogen-bond donors (Lipinski definition) is 1. The Bertz CT molecular complexity index is 674. The van der Waals surface area contributed by atoms with Crippen molar-refractivity contribution in [3.05, 3.63) is 62.9 Å². The number of halogens is 5. The van der Waals surface area contributed by atoms with E-state index in [0.717, 1.165) is 17.7 Å². The van der Waals surface area contributed by atoms with Crippen molar-refractivity contribution in [2.24, 2.45) is 0 Å². The van der Waals surface area contributed by atoms with Gasteiger partial charge in [-0.05, 0) is 36.2 Å². The highest BCUT2D eigenvalue weighted by molar-refractivity contribution is 6.31. The summed E-state index contributed by atoms with van der Waals surface area (Å²) in [7, 11) is 0. The fourth-order valence-corrected chi connectivity index (χ4v) is 2.32. The van der Waals surface area contributed by atoms with Crippen LogP contribution in [0.4, 0.5) is 13.2 Å². The van der Waals surface area contributed by atoms with E-state index in [1.54, 1.807) is 19.1 Å². The van der Waals surface area contributed by atoms with Crippen LogP contribution in [0, 0.1) is 6.92 Å². The summed E-state index contributed by atoms with van der Waals surface area (Å²) in [5, 5.41) is 10.3. The number of aromatic nitrogens is 1. The lowest BCUT2D eigenvalue weighted by Crippen LogP contribution is -2.10. The van der Waals surface area contributed by atoms with E-state index in [1.165, 1.54) is 6.07 Å². The van der Waals surface area contributed by atoms with E-state index in [9.17, 15) is 18.3 Å². The Kier molecular flexibility index (Phi) is 4.46. The smallest absolute Gasteiger partial charge is 0.384 e. The van der Waals surface area contributed by atoms with Gasteiger partial charge in [-0.15, -0.1) is 0 Å². The van der Waals surface area contributed by atoms with Crippen LogP contribution in [0.15, 0.2) is 30.3 Å². The van der Waals surface area contributed by atoms with Crippen LogP contribution in [0.1, 0.15) is 28.5 Å². The maximum absolute atomic E-state index is 12.5. The number of aliphatic hydroxyl groups excluding tert-OH is 1. The second-order valence-electron chi connectivity index (χ2n) is 4.48. The van der Waals surface area contributed by atoms with Gasteiger partial charge >= 0.3 is 6.18 Å². The molecule has 1 N–H and O–H groups in total. The van der Waals surface area contributed by atoms with Crippen LogP contribution in [-0.2, 0) is 6.18 Å². The van der Waals surface area contributed by atoms with Crippen molar-refractivity contribution < 1.29 is 18.3 Å². The molecular formula is C14H10Cl2F3NO. The summed E-state index contributed by atoms with van der Waals surface area (Å²) in [5.41, 5.74) is 0.190. The molecule has 2 nitrogen and oxygen atoms in total. The molecule has 2 rings (SSSR count). The molecular weight excluding hydrogens is 326 g/mol. The van der Waals surface area contributed by atoms with Gasteiger partial charge in [-0.25, -0.2) is 4.98 Å². The monoisotopic (exact) mass is 335 g/mol. The number of hydrogen-bond acceptors (Lipinski definition) is 2. The minimum Gasteiger partial charge on any atom is -0.384 e. The number of alkyl halides is 3. The average Bonchev–Trinajstić information content (AvgIpc) is 2.39. The first-order chi connectivity index (χ1) is 9.70. The fourth-order valence-electron chi connectivity index (χ4n) is 1.88. The molecule has 7 heteroatoms. The van der Waals surface area contributed by atoms with Gasteiger partial charge < -0.3 is 5.11 Å². The quantitative estimate of drug-likeness (QED) is 0.800. The zero-order valence-corrected chi connectivity index (χ0v) is 12.3. The van der Waals surface area contributed by atoms with Crippen molar-refractivity contribution in [2.45, 2.75) is 19.2 Å². The van der Waals surface area contributed by atoms with Gasteiger partial charge in [-0.3, -0.25) is 0 Å². The molecule has 0 aliphatic heterocycles. The van der Waals surface area contributed by atoms with E-state index in [1.807, 2.05) is 0 Å². The minimum absolute atomic E-state index is 0.0926. The summed E-state index contributed by atoms with van der Waals surface area (Å²) in [4.78, 5) is 3.29. The zero-order chi connectivity index (χ0) is 15.8. The molecule has 0 saturated carbocycles. The Morgan fingerprint density at radius 3 is 2.33 bits per heavy atom. The largest absolute Gasteiger partial charge is 0.433 e. The predicted molar refractivity (Wildman–Crippen MR) is 74.5 cm³/mol. The van der Waals surface area contributed by atoms with Gasteiger partial charge in [0.05, 0.1) is 0 Å². The van der Waals surface area contributed by atoms with Crippen molar-refractivity contribution in [1.29, 1.82) is 0 Å². The van der Waals surface area contributed by atoms with Crippen molar-refractivity contribution in [2.75, 3.05) is 0 Å². The molecule has 112 valence electrons. The SMILES string of the molecule is Cc1ccc(Cl)cc1C(O)c1ccc(C(F)(F)F)nc1Cl. The van der Waals surface area contributed by atoms with Gasteiger partial charge in [0.1, 0.15) is 17.0 Å². The lowest BCUT2D eigenvalue weighted by molar-refractivity contribution is -0.141. The summed E-state index contributed by atoms with van der Waals surface area (Å²) >= 11 is 11.6. The van der Waals surface area contributed by atoms with E-state index in [-0.39, 0.29) is 5.56 Å². The van der Waals surface area contributed by atoms with Gasteiger partial charge in [0.2, 0.25) is 0 Å². The van der Waals surface area contributed by atoms with Gasteiger partial charge in [0.25, 0.3) is 0 Å². The second kappa shape index (κ2) is 5.83. The summed E-state index contributed by atoms with van der Waals surface area (Å²) in [6.45, 7) is 1.75. The van der Waals surface area contributed by atoms with Crippen LogP contribution in [-0.4, -0.2) is 10.1 Å². The van der Waals surface area contributed by atoms with Crippen molar-refractivity contribution in [1.82, 2.24) is 4.98 Å². The van der Waals surface area contributed by atoms with E-state index >= 15 is 0 Å². The van der Waals surface area contributed by atoms with Crippen LogP contribution in [0.25, 0.3) is 0 Å². The molecule has 0 spiro atoms. The number of rotatable bonds is 2. The van der Waals surface area contributed by atoms with Crippen LogP contribution in [0.5, 0.6) is 0 Å². The molecule has 0 aliphatic rings. The standard InChI is InChI=1S/C14H10Cl2F3NO/c1-7-2-3-8(15)6-10(7)12(21)9-4-5-11(14(17,18)19)20-13(9)16/h2-6,12,21H,1H3. The third-order valence-corrected chi connectivity index (χ3v) is 3.54. The molecule has 0 aliphatic carbocycles. The predicted octanol–water partition coefficient (Wildman–Crippen LogP) is 4.80. The lowest BCUT2D eigenvalue weighted by Gasteiger charge is -2.16. The van der Waals surface area contributed by atoms with Gasteiger partial charge in [-0.1, -0.05) is 35.3 Å². The Hall–Kier alpha value is -1.30. The van der Waals surface area contributed by atoms with Crippen LogP contribution in [0.3, 0.4) is 0 Å². The van der Waals surface area contributed by atoms with Gasteiger partial charge in [0.15, 0.2) is 0 Å². The first-order valence-electron chi connectivity index (χ1n) is 5.88. The molecule has 0 radical (unpaired) electrons. The van der Waals surface area contributed by atoms with Crippen LogP contribution < -0.4 is 0 Å². The Morgan fingerprint density at radius 2 is 1.76 bits per heavy atom. The molecule has 0 fully saturated rings. The highest BCUT2D eigenvalue weighted by atomic mass is 35.5. The maximum atomic E-state index is 12.5. The lowest BCUT2D eigenvalue weighted by atomic mass is 9.98. The molecule has 0 amide bonds. The highest BCUT2D eigenvalue weighted by Crippen LogP contribution is 2.34. The van der Waals surface area contributed by atoms with Crippen LogP contribution >= 0.6 is 23.2 Å². The summed E-state index contributed by atoms with van der Waals surface area (Å²) in [6.07, 6.45) is -5.79. The fraction of sp³-hybridized carbons (Fsp3) is 0.214. The number of pyridine rings is 1. The second-order valence-corrected chi connectivity index (χ2v) is 5.27. The summed E-state index contributed by atoms with van der Waals surface area (Å²) in [6, 6.07) is 6.79. The molecule has 0 bridgehead atoms. The van der Waals surface area contributed by atoms with E-state index in [0.29, 0.717) is 10.6 Å². The van der Waals surface area contributed by atoms with E-state index < -0.39 is 23.1 Å². The summed E-state index contributed by atoms with van der Waals surface area (Å²) < 4.78 is 37.6. The Balaban J connectivity index is 2.44. The van der Waals surface area contributed by atoms with Crippen LogP contribution in [0.2, 0.25) is 10.2 Å². The molecule has 1 unspecified atom stereocenters. The number of aryl methyl sites for hydroxylation is 1. The molecule has 1 aromatic carbocycles. The summed E-state index contributed by atoms with van der Waals surface area (Å²) in [5.74, 6) is 0. The number of nitrogens with zero attached hydrogens (tertiary/aromatic N) is 1.